The van der Waals surface area contributed by atoms with Gasteiger partial charge in [0.15, 0.2) is 0 Å². The van der Waals surface area contributed by atoms with Crippen molar-refractivity contribution in [2.45, 2.75) is 34.1 Å². The Morgan fingerprint density at radius 3 is 2.20 bits per heavy atom. The van der Waals surface area contributed by atoms with Gasteiger partial charge in [0.05, 0.1) is 5.92 Å². The molecule has 0 fully saturated rings. The summed E-state index contributed by atoms with van der Waals surface area (Å²) in [7, 11) is 0. The van der Waals surface area contributed by atoms with Gasteiger partial charge in [-0.2, -0.15) is 0 Å². The standard InChI is InChI=1S/C21H25NO3/c1-13-6-5-7-17(10-13)11-18(21(24)25)12-22-20(23)19-15(3)8-14(2)9-16(19)4/h5-10,18H,11-12H2,1-4H3,(H,22,23)(H,24,25). The molecule has 2 aromatic rings. The number of amides is 1. The number of carboxylic acids is 1. The molecule has 0 aliphatic carbocycles. The molecule has 0 aliphatic heterocycles. The predicted molar refractivity (Wildman–Crippen MR) is 99.0 cm³/mol. The average molecular weight is 339 g/mol. The zero-order valence-corrected chi connectivity index (χ0v) is 15.2. The van der Waals surface area contributed by atoms with Gasteiger partial charge >= 0.3 is 5.97 Å². The van der Waals surface area contributed by atoms with Crippen molar-refractivity contribution in [1.29, 1.82) is 0 Å². The summed E-state index contributed by atoms with van der Waals surface area (Å²) >= 11 is 0. The Balaban J connectivity index is 2.09. The lowest BCUT2D eigenvalue weighted by Gasteiger charge is -2.16. The van der Waals surface area contributed by atoms with E-state index in [0.717, 1.165) is 27.8 Å². The summed E-state index contributed by atoms with van der Waals surface area (Å²) in [5.41, 5.74) is 5.60. The van der Waals surface area contributed by atoms with E-state index in [-0.39, 0.29) is 12.5 Å². The van der Waals surface area contributed by atoms with Gasteiger partial charge in [0, 0.05) is 12.1 Å². The van der Waals surface area contributed by atoms with Crippen LogP contribution in [0.2, 0.25) is 0 Å². The van der Waals surface area contributed by atoms with E-state index >= 15 is 0 Å². The summed E-state index contributed by atoms with van der Waals surface area (Å²) < 4.78 is 0. The number of benzene rings is 2. The molecule has 0 saturated carbocycles. The maximum atomic E-state index is 12.5. The second-order valence-electron chi connectivity index (χ2n) is 6.71. The first-order valence-corrected chi connectivity index (χ1v) is 8.42. The van der Waals surface area contributed by atoms with E-state index in [1.54, 1.807) is 0 Å². The quantitative estimate of drug-likeness (QED) is 0.845. The van der Waals surface area contributed by atoms with Crippen LogP contribution in [0.5, 0.6) is 0 Å². The number of rotatable bonds is 6. The smallest absolute Gasteiger partial charge is 0.308 e. The summed E-state index contributed by atoms with van der Waals surface area (Å²) in [5.74, 6) is -1.78. The Bertz CT molecular complexity index is 772. The first kappa shape index (κ1) is 18.7. The van der Waals surface area contributed by atoms with Crippen molar-refractivity contribution in [3.8, 4) is 0 Å². The molecule has 2 rings (SSSR count). The molecular weight excluding hydrogens is 314 g/mol. The number of carbonyl (C=O) groups excluding carboxylic acids is 1. The molecule has 0 spiro atoms. The summed E-state index contributed by atoms with van der Waals surface area (Å²) in [5, 5.41) is 12.3. The van der Waals surface area contributed by atoms with Crippen LogP contribution < -0.4 is 5.32 Å². The van der Waals surface area contributed by atoms with Crippen molar-refractivity contribution < 1.29 is 14.7 Å². The molecule has 2 N–H and O–H groups in total. The number of carboxylic acid groups (broad SMARTS) is 1. The van der Waals surface area contributed by atoms with Crippen molar-refractivity contribution in [2.24, 2.45) is 5.92 Å². The fourth-order valence-electron chi connectivity index (χ4n) is 3.21. The first-order valence-electron chi connectivity index (χ1n) is 8.42. The summed E-state index contributed by atoms with van der Waals surface area (Å²) in [6.07, 6.45) is 0.392. The van der Waals surface area contributed by atoms with Crippen LogP contribution in [-0.2, 0) is 11.2 Å². The normalized spacial score (nSPS) is 11.8. The van der Waals surface area contributed by atoms with Crippen molar-refractivity contribution >= 4 is 11.9 Å². The third-order valence-corrected chi connectivity index (χ3v) is 4.33. The Hall–Kier alpha value is -2.62. The number of hydrogen-bond donors (Lipinski definition) is 2. The third kappa shape index (κ3) is 4.92. The van der Waals surface area contributed by atoms with Crippen LogP contribution in [0, 0.1) is 33.6 Å². The molecule has 0 saturated heterocycles. The van der Waals surface area contributed by atoms with E-state index in [1.165, 1.54) is 0 Å². The minimum atomic E-state index is -0.904. The molecule has 1 amide bonds. The fraction of sp³-hybridized carbons (Fsp3) is 0.333. The lowest BCUT2D eigenvalue weighted by Crippen LogP contribution is -2.34. The molecule has 132 valence electrons. The fourth-order valence-corrected chi connectivity index (χ4v) is 3.21. The van der Waals surface area contributed by atoms with Gasteiger partial charge in [-0.05, 0) is 50.8 Å². The predicted octanol–water partition coefficient (Wildman–Crippen LogP) is 3.59. The molecule has 0 heterocycles. The van der Waals surface area contributed by atoms with Crippen LogP contribution in [0.25, 0.3) is 0 Å². The molecule has 4 nitrogen and oxygen atoms in total. The van der Waals surface area contributed by atoms with Crippen molar-refractivity contribution in [3.05, 3.63) is 69.8 Å². The lowest BCUT2D eigenvalue weighted by atomic mass is 9.97. The molecule has 1 unspecified atom stereocenters. The van der Waals surface area contributed by atoms with Crippen LogP contribution in [0.1, 0.15) is 38.2 Å². The third-order valence-electron chi connectivity index (χ3n) is 4.33. The van der Waals surface area contributed by atoms with Crippen LogP contribution in [0.15, 0.2) is 36.4 Å². The maximum absolute atomic E-state index is 12.5. The van der Waals surface area contributed by atoms with Gasteiger partial charge < -0.3 is 10.4 Å². The van der Waals surface area contributed by atoms with E-state index in [4.69, 9.17) is 0 Å². The Labute approximate surface area is 148 Å². The molecule has 0 bridgehead atoms. The number of carbonyl (C=O) groups is 2. The average Bonchev–Trinajstić information content (AvgIpc) is 2.50. The Morgan fingerprint density at radius 1 is 1.00 bits per heavy atom. The monoisotopic (exact) mass is 339 g/mol. The second kappa shape index (κ2) is 7.97. The highest BCUT2D eigenvalue weighted by Crippen LogP contribution is 2.17. The Kier molecular flexibility index (Phi) is 5.97. The van der Waals surface area contributed by atoms with Crippen molar-refractivity contribution in [2.75, 3.05) is 6.54 Å². The van der Waals surface area contributed by atoms with Crippen LogP contribution >= 0.6 is 0 Å². The van der Waals surface area contributed by atoms with Crippen LogP contribution in [-0.4, -0.2) is 23.5 Å². The largest absolute Gasteiger partial charge is 0.481 e. The molecule has 2 aromatic carbocycles. The topological polar surface area (TPSA) is 66.4 Å². The summed E-state index contributed by atoms with van der Waals surface area (Å²) in [4.78, 5) is 24.1. The van der Waals surface area contributed by atoms with Gasteiger partial charge in [0.2, 0.25) is 0 Å². The number of aliphatic carboxylic acids is 1. The SMILES string of the molecule is Cc1cccc(CC(CNC(=O)c2c(C)cc(C)cc2C)C(=O)O)c1. The van der Waals surface area contributed by atoms with Gasteiger partial charge in [-0.25, -0.2) is 0 Å². The zero-order valence-electron chi connectivity index (χ0n) is 15.2. The van der Waals surface area contributed by atoms with E-state index < -0.39 is 11.9 Å². The highest BCUT2D eigenvalue weighted by atomic mass is 16.4. The molecule has 25 heavy (non-hydrogen) atoms. The van der Waals surface area contributed by atoms with E-state index in [0.29, 0.717) is 12.0 Å². The first-order chi connectivity index (χ1) is 11.8. The number of hydrogen-bond acceptors (Lipinski definition) is 2. The van der Waals surface area contributed by atoms with Crippen molar-refractivity contribution in [1.82, 2.24) is 5.32 Å². The molecule has 0 aliphatic rings. The van der Waals surface area contributed by atoms with Gasteiger partial charge in [-0.15, -0.1) is 0 Å². The number of nitrogens with one attached hydrogen (secondary N) is 1. The van der Waals surface area contributed by atoms with Gasteiger partial charge in [-0.3, -0.25) is 9.59 Å². The molecule has 0 aromatic heterocycles. The highest BCUT2D eigenvalue weighted by molar-refractivity contribution is 5.97. The van der Waals surface area contributed by atoms with E-state index in [1.807, 2.05) is 64.1 Å². The van der Waals surface area contributed by atoms with Crippen molar-refractivity contribution in [3.63, 3.8) is 0 Å². The second-order valence-corrected chi connectivity index (χ2v) is 6.71. The minimum Gasteiger partial charge on any atom is -0.481 e. The maximum Gasteiger partial charge on any atom is 0.308 e. The molecular formula is C21H25NO3. The summed E-state index contributed by atoms with van der Waals surface area (Å²) in [6, 6.07) is 11.7. The zero-order chi connectivity index (χ0) is 18.6. The molecule has 0 radical (unpaired) electrons. The molecule has 1 atom stereocenters. The minimum absolute atomic E-state index is 0.106. The van der Waals surface area contributed by atoms with E-state index in [2.05, 4.69) is 5.32 Å². The summed E-state index contributed by atoms with van der Waals surface area (Å²) in [6.45, 7) is 7.87. The van der Waals surface area contributed by atoms with Gasteiger partial charge in [0.1, 0.15) is 0 Å². The highest BCUT2D eigenvalue weighted by Gasteiger charge is 2.20. The lowest BCUT2D eigenvalue weighted by molar-refractivity contribution is -0.141. The van der Waals surface area contributed by atoms with Crippen LogP contribution in [0.4, 0.5) is 0 Å². The van der Waals surface area contributed by atoms with Gasteiger partial charge in [-0.1, -0.05) is 47.5 Å². The van der Waals surface area contributed by atoms with Crippen LogP contribution in [0.3, 0.4) is 0 Å². The molecule has 4 heteroatoms. The van der Waals surface area contributed by atoms with Gasteiger partial charge in [0.25, 0.3) is 5.91 Å². The van der Waals surface area contributed by atoms with E-state index in [9.17, 15) is 14.7 Å². The number of aryl methyl sites for hydroxylation is 4. The Morgan fingerprint density at radius 2 is 1.64 bits per heavy atom.